The first kappa shape index (κ1) is 9.90. The molecule has 0 unspecified atom stereocenters. The highest BCUT2D eigenvalue weighted by molar-refractivity contribution is 5.46. The highest BCUT2D eigenvalue weighted by atomic mass is 16.1. The van der Waals surface area contributed by atoms with Crippen molar-refractivity contribution in [2.45, 2.75) is 13.8 Å². The van der Waals surface area contributed by atoms with Gasteiger partial charge in [-0.25, -0.2) is 4.98 Å². The molecule has 15 heavy (non-hydrogen) atoms. The zero-order valence-electron chi connectivity index (χ0n) is 9.19. The summed E-state index contributed by atoms with van der Waals surface area (Å²) >= 11 is 0. The molecule has 0 N–H and O–H groups in total. The number of rotatable bonds is 0. The predicted molar refractivity (Wildman–Crippen MR) is 60.6 cm³/mol. The highest BCUT2D eigenvalue weighted by Gasteiger charge is 2.12. The largest absolute Gasteiger partial charge is 0.302 e. The molecule has 0 radical (unpaired) electrons. The van der Waals surface area contributed by atoms with Crippen LogP contribution >= 0.6 is 0 Å². The van der Waals surface area contributed by atoms with E-state index in [1.165, 1.54) is 4.57 Å². The Morgan fingerprint density at radius 3 is 2.87 bits per heavy atom. The molecule has 0 fully saturated rings. The molecule has 1 aromatic rings. The summed E-state index contributed by atoms with van der Waals surface area (Å²) < 4.78 is 1.50. The van der Waals surface area contributed by atoms with E-state index in [-0.39, 0.29) is 11.0 Å². The summed E-state index contributed by atoms with van der Waals surface area (Å²) in [5.41, 5.74) is -0.0928. The molecule has 1 aliphatic carbocycles. The minimum absolute atomic E-state index is 0.00743. The summed E-state index contributed by atoms with van der Waals surface area (Å²) in [6.45, 7) is 4.14. The van der Waals surface area contributed by atoms with Crippen molar-refractivity contribution in [3.63, 3.8) is 0 Å². The van der Waals surface area contributed by atoms with Crippen LogP contribution < -0.4 is 16.1 Å². The Balaban J connectivity index is 2.94. The Morgan fingerprint density at radius 1 is 1.40 bits per heavy atom. The summed E-state index contributed by atoms with van der Waals surface area (Å²) in [5, 5.41) is 1.44. The Hall–Kier alpha value is -1.64. The predicted octanol–water partition coefficient (Wildman–Crippen LogP) is -0.0627. The van der Waals surface area contributed by atoms with Gasteiger partial charge in [0.2, 0.25) is 0 Å². The first-order valence-electron chi connectivity index (χ1n) is 4.94. The van der Waals surface area contributed by atoms with Gasteiger partial charge in [-0.15, -0.1) is 0 Å². The molecule has 3 nitrogen and oxygen atoms in total. The molecule has 0 saturated heterocycles. The van der Waals surface area contributed by atoms with Gasteiger partial charge in [0.15, 0.2) is 0 Å². The number of allylic oxidation sites excluding steroid dienone is 2. The molecule has 3 heteroatoms. The minimum atomic E-state index is -0.100. The van der Waals surface area contributed by atoms with Gasteiger partial charge < -0.3 is 4.57 Å². The first-order valence-corrected chi connectivity index (χ1v) is 4.94. The zero-order valence-corrected chi connectivity index (χ0v) is 9.19. The average molecular weight is 202 g/mol. The van der Waals surface area contributed by atoms with Gasteiger partial charge in [-0.1, -0.05) is 32.1 Å². The lowest BCUT2D eigenvalue weighted by Gasteiger charge is -2.12. The molecule has 78 valence electrons. The lowest BCUT2D eigenvalue weighted by molar-refractivity contribution is 0.667. The molecule has 0 aromatic carbocycles. The maximum Gasteiger partial charge on any atom is 0.260 e. The van der Waals surface area contributed by atoms with E-state index >= 15 is 0 Å². The maximum atomic E-state index is 11.9. The standard InChI is InChI=1S/C12H14N2O/c1-12(2)6-4-5-10-9(7-12)11(15)14(3)8-13-10/h4-8H,1-3H3. The van der Waals surface area contributed by atoms with Crippen LogP contribution in [0.2, 0.25) is 0 Å². The van der Waals surface area contributed by atoms with E-state index in [4.69, 9.17) is 0 Å². The van der Waals surface area contributed by atoms with Crippen molar-refractivity contribution in [3.05, 3.63) is 39.4 Å². The van der Waals surface area contributed by atoms with Gasteiger partial charge in [-0.3, -0.25) is 4.79 Å². The van der Waals surface area contributed by atoms with Crippen molar-refractivity contribution in [1.82, 2.24) is 9.55 Å². The van der Waals surface area contributed by atoms with Crippen LogP contribution in [0.5, 0.6) is 0 Å². The number of nitrogens with zero attached hydrogens (tertiary/aromatic N) is 2. The van der Waals surface area contributed by atoms with Crippen LogP contribution in [0, 0.1) is 5.41 Å². The Kier molecular flexibility index (Phi) is 2.11. The molecule has 1 aliphatic rings. The fraction of sp³-hybridized carbons (Fsp3) is 0.333. The van der Waals surface area contributed by atoms with Crippen molar-refractivity contribution in [3.8, 4) is 0 Å². The molecule has 0 atom stereocenters. The third-order valence-corrected chi connectivity index (χ3v) is 2.49. The summed E-state index contributed by atoms with van der Waals surface area (Å²) in [4.78, 5) is 16.1. The van der Waals surface area contributed by atoms with E-state index in [1.54, 1.807) is 13.4 Å². The number of hydrogen-bond acceptors (Lipinski definition) is 2. The maximum absolute atomic E-state index is 11.9. The van der Waals surface area contributed by atoms with Crippen molar-refractivity contribution >= 4 is 12.2 Å². The van der Waals surface area contributed by atoms with Gasteiger partial charge in [0.1, 0.15) is 0 Å². The van der Waals surface area contributed by atoms with Gasteiger partial charge in [0.25, 0.3) is 5.56 Å². The highest BCUT2D eigenvalue weighted by Crippen LogP contribution is 2.18. The van der Waals surface area contributed by atoms with Crippen LogP contribution in [0.1, 0.15) is 13.8 Å². The Bertz CT molecular complexity index is 591. The summed E-state index contributed by atoms with van der Waals surface area (Å²) in [6, 6.07) is 0. The lowest BCUT2D eigenvalue weighted by Crippen LogP contribution is -2.46. The number of hydrogen-bond donors (Lipinski definition) is 0. The van der Waals surface area contributed by atoms with Crippen LogP contribution in [0.4, 0.5) is 0 Å². The second-order valence-electron chi connectivity index (χ2n) is 4.45. The number of aryl methyl sites for hydroxylation is 1. The SMILES string of the molecule is Cn1cnc2c(c1=O)=CC(C)(C)C=CC=2. The van der Waals surface area contributed by atoms with E-state index in [0.29, 0.717) is 5.22 Å². The third-order valence-electron chi connectivity index (χ3n) is 2.49. The van der Waals surface area contributed by atoms with Gasteiger partial charge in [0.05, 0.1) is 16.9 Å². The van der Waals surface area contributed by atoms with Gasteiger partial charge >= 0.3 is 0 Å². The lowest BCUT2D eigenvalue weighted by atomic mass is 9.93. The average Bonchev–Trinajstić information content (AvgIpc) is 2.30. The summed E-state index contributed by atoms with van der Waals surface area (Å²) in [7, 11) is 1.72. The smallest absolute Gasteiger partial charge is 0.260 e. The van der Waals surface area contributed by atoms with Crippen LogP contribution in [0.3, 0.4) is 0 Å². The van der Waals surface area contributed by atoms with Crippen LogP contribution in [-0.4, -0.2) is 9.55 Å². The van der Waals surface area contributed by atoms with Crippen molar-refractivity contribution in [1.29, 1.82) is 0 Å². The van der Waals surface area contributed by atoms with Crippen molar-refractivity contribution in [2.24, 2.45) is 12.5 Å². The van der Waals surface area contributed by atoms with Crippen LogP contribution in [0.25, 0.3) is 12.2 Å². The summed E-state index contributed by atoms with van der Waals surface area (Å²) in [6.07, 6.45) is 9.42. The Morgan fingerprint density at radius 2 is 2.13 bits per heavy atom. The van der Waals surface area contributed by atoms with Gasteiger partial charge in [-0.2, -0.15) is 0 Å². The quantitative estimate of drug-likeness (QED) is 0.590. The molecular weight excluding hydrogens is 188 g/mol. The zero-order chi connectivity index (χ0) is 11.1. The van der Waals surface area contributed by atoms with Gasteiger partial charge in [-0.05, 0) is 6.08 Å². The molecule has 2 rings (SSSR count). The second kappa shape index (κ2) is 3.19. The second-order valence-corrected chi connectivity index (χ2v) is 4.45. The van der Waals surface area contributed by atoms with Gasteiger partial charge in [0, 0.05) is 12.5 Å². The molecule has 1 heterocycles. The molecule has 0 bridgehead atoms. The van der Waals surface area contributed by atoms with E-state index in [1.807, 2.05) is 18.2 Å². The fourth-order valence-corrected chi connectivity index (χ4v) is 1.65. The number of fused-ring (bicyclic) bond motifs is 1. The molecule has 1 aromatic heterocycles. The van der Waals surface area contributed by atoms with Crippen molar-refractivity contribution < 1.29 is 0 Å². The first-order chi connectivity index (χ1) is 6.99. The fourth-order valence-electron chi connectivity index (χ4n) is 1.65. The summed E-state index contributed by atoms with van der Waals surface area (Å²) in [5.74, 6) is 0. The normalized spacial score (nSPS) is 17.3. The van der Waals surface area contributed by atoms with E-state index in [0.717, 1.165) is 5.35 Å². The van der Waals surface area contributed by atoms with E-state index < -0.39 is 0 Å². The van der Waals surface area contributed by atoms with Crippen LogP contribution in [0.15, 0.2) is 23.3 Å². The van der Waals surface area contributed by atoms with Crippen molar-refractivity contribution in [2.75, 3.05) is 0 Å². The molecular formula is C12H14N2O. The van der Waals surface area contributed by atoms with Crippen LogP contribution in [-0.2, 0) is 7.05 Å². The third kappa shape index (κ3) is 1.77. The number of aromatic nitrogens is 2. The Labute approximate surface area is 88.1 Å². The molecule has 0 spiro atoms. The molecule has 0 saturated carbocycles. The minimum Gasteiger partial charge on any atom is -0.302 e. The monoisotopic (exact) mass is 202 g/mol. The molecule has 0 aliphatic heterocycles. The molecule has 0 amide bonds. The van der Waals surface area contributed by atoms with E-state index in [2.05, 4.69) is 24.9 Å². The van der Waals surface area contributed by atoms with E-state index in [9.17, 15) is 4.79 Å². The topological polar surface area (TPSA) is 34.9 Å².